The van der Waals surface area contributed by atoms with Crippen molar-refractivity contribution < 1.29 is 14.7 Å². The maximum atomic E-state index is 12.0. The molecule has 0 amide bonds. The van der Waals surface area contributed by atoms with Crippen molar-refractivity contribution >= 4 is 32.2 Å². The fourth-order valence-electron chi connectivity index (χ4n) is 2.93. The van der Waals surface area contributed by atoms with Gasteiger partial charge in [-0.15, -0.1) is 0 Å². The van der Waals surface area contributed by atoms with Gasteiger partial charge in [-0.2, -0.15) is 0 Å². The number of hydrogen-bond donors (Lipinski definition) is 1. The van der Waals surface area contributed by atoms with Crippen molar-refractivity contribution in [1.29, 1.82) is 0 Å². The number of halogens is 1. The third kappa shape index (κ3) is 18.9. The van der Waals surface area contributed by atoms with Crippen LogP contribution in [0.4, 0.5) is 0 Å². The van der Waals surface area contributed by atoms with E-state index in [1.807, 2.05) is 13.8 Å². The smallest absolute Gasteiger partial charge is 0.222 e. The van der Waals surface area contributed by atoms with Gasteiger partial charge in [0.15, 0.2) is 5.78 Å². The van der Waals surface area contributed by atoms with Crippen LogP contribution in [0, 0.1) is 33.6 Å². The first-order valence-electron chi connectivity index (χ1n) is 13.5. The van der Waals surface area contributed by atoms with Gasteiger partial charge in [0.1, 0.15) is 0 Å². The molecule has 0 atom stereocenters. The molecule has 0 fully saturated rings. The minimum Gasteiger partial charge on any atom is -0.397 e. The first-order chi connectivity index (χ1) is 18.0. The quantitative estimate of drug-likeness (QED) is 0.173. The van der Waals surface area contributed by atoms with E-state index in [2.05, 4.69) is 90.1 Å². The Morgan fingerprint density at radius 1 is 0.605 bits per heavy atom. The molecular formula is C34H49IO3. The van der Waals surface area contributed by atoms with Gasteiger partial charge < -0.3 is 5.11 Å². The molecule has 3 rings (SSSR count). The van der Waals surface area contributed by atoms with Crippen molar-refractivity contribution in [3.8, 4) is 0 Å². The van der Waals surface area contributed by atoms with Crippen LogP contribution in [0.2, 0.25) is 0 Å². The number of aliphatic hydroxyl groups excluding tert-OH is 1. The molecule has 0 saturated carbocycles. The molecule has 0 saturated heterocycles. The lowest BCUT2D eigenvalue weighted by Crippen LogP contribution is -2.12. The summed E-state index contributed by atoms with van der Waals surface area (Å²) in [7, 11) is 0. The van der Waals surface area contributed by atoms with Crippen molar-refractivity contribution in [1.82, 2.24) is 0 Å². The van der Waals surface area contributed by atoms with E-state index in [-0.39, 0.29) is 22.1 Å². The average molecular weight is 633 g/mol. The normalized spacial score (nSPS) is 9.26. The van der Waals surface area contributed by atoms with Crippen LogP contribution in [-0.2, 0) is 0 Å². The number of aryl methyl sites for hydroxylation is 4. The van der Waals surface area contributed by atoms with Gasteiger partial charge in [0.2, 0.25) is 3.79 Å². The van der Waals surface area contributed by atoms with Crippen LogP contribution in [-0.4, -0.2) is 21.3 Å². The average Bonchev–Trinajstić information content (AvgIpc) is 2.90. The third-order valence-electron chi connectivity index (χ3n) is 5.19. The maximum absolute atomic E-state index is 12.0. The molecule has 210 valence electrons. The number of benzene rings is 3. The topological polar surface area (TPSA) is 54.4 Å². The molecule has 0 unspecified atom stereocenters. The molecule has 1 N–H and O–H groups in total. The van der Waals surface area contributed by atoms with E-state index in [1.54, 1.807) is 53.8 Å². The van der Waals surface area contributed by atoms with Crippen molar-refractivity contribution in [2.24, 2.45) is 5.92 Å². The summed E-state index contributed by atoms with van der Waals surface area (Å²) in [6.45, 7) is 18.6. The van der Waals surface area contributed by atoms with Crippen molar-refractivity contribution in [3.05, 3.63) is 106 Å². The standard InChI is InChI=1S/C13H15IO2.2C8H10.C3H8.C2H6O/c1-3-9(4-2)12(15)10-5-7-11(8-6-10)13(14)16;2*1-7-3-5-8(2)6-4-7;1-3-2;1-2-3/h5-9H,3-4H2,1-2H3;2*3-6H,1-2H3;3H2,1-2H3;3H,2H2,1H3. The van der Waals surface area contributed by atoms with E-state index in [9.17, 15) is 9.59 Å². The van der Waals surface area contributed by atoms with Crippen LogP contribution < -0.4 is 0 Å². The maximum Gasteiger partial charge on any atom is 0.222 e. The Morgan fingerprint density at radius 3 is 1.05 bits per heavy atom. The van der Waals surface area contributed by atoms with E-state index < -0.39 is 0 Å². The lowest BCUT2D eigenvalue weighted by atomic mass is 9.93. The summed E-state index contributed by atoms with van der Waals surface area (Å²) in [5, 5.41) is 7.57. The molecule has 4 heteroatoms. The highest BCUT2D eigenvalue weighted by molar-refractivity contribution is 14.1. The molecule has 3 nitrogen and oxygen atoms in total. The minimum absolute atomic E-state index is 0.000804. The number of rotatable bonds is 5. The number of Topliss-reactive ketones (excluding diaryl/α,β-unsaturated/α-hetero) is 1. The van der Waals surface area contributed by atoms with E-state index in [0.29, 0.717) is 11.1 Å². The van der Waals surface area contributed by atoms with Crippen LogP contribution in [0.25, 0.3) is 0 Å². The minimum atomic E-state index is -0.000804. The highest BCUT2D eigenvalue weighted by Crippen LogP contribution is 2.17. The van der Waals surface area contributed by atoms with Gasteiger partial charge in [-0.3, -0.25) is 9.59 Å². The number of carbonyl (C=O) groups is 2. The summed E-state index contributed by atoms with van der Waals surface area (Å²) in [5.41, 5.74) is 6.66. The van der Waals surface area contributed by atoms with Gasteiger partial charge >= 0.3 is 0 Å². The molecule has 0 bridgehead atoms. The fraction of sp³-hybridized carbons (Fsp3) is 0.412. The summed E-state index contributed by atoms with van der Waals surface area (Å²) in [4.78, 5) is 23.1. The Labute approximate surface area is 246 Å². The highest BCUT2D eigenvalue weighted by Gasteiger charge is 2.16. The Balaban J connectivity index is 0. The first kappa shape index (κ1) is 37.8. The second-order valence-electron chi connectivity index (χ2n) is 9.06. The van der Waals surface area contributed by atoms with E-state index in [1.165, 1.54) is 28.7 Å². The molecule has 0 spiro atoms. The molecule has 0 aromatic heterocycles. The van der Waals surface area contributed by atoms with Crippen LogP contribution in [0.1, 0.15) is 96.9 Å². The Hall–Kier alpha value is -2.31. The molecule has 0 radical (unpaired) electrons. The predicted octanol–water partition coefficient (Wildman–Crippen LogP) is 9.90. The first-order valence-corrected chi connectivity index (χ1v) is 14.6. The molecule has 0 aliphatic rings. The molecular weight excluding hydrogens is 583 g/mol. The SMILES string of the molecule is CCC.CCC(CC)C(=O)c1ccc(C(=O)I)cc1.CCO.Cc1ccc(C)cc1.Cc1ccc(C)cc1. The number of ketones is 1. The van der Waals surface area contributed by atoms with Crippen molar-refractivity contribution in [2.45, 2.75) is 81.6 Å². The Morgan fingerprint density at radius 2 is 0.842 bits per heavy atom. The summed E-state index contributed by atoms with van der Waals surface area (Å²) in [6.07, 6.45) is 2.98. The molecule has 3 aromatic rings. The molecule has 0 aliphatic carbocycles. The predicted molar refractivity (Wildman–Crippen MR) is 174 cm³/mol. The number of carbonyl (C=O) groups excluding carboxylic acids is 2. The number of hydrogen-bond acceptors (Lipinski definition) is 3. The van der Waals surface area contributed by atoms with Gasteiger partial charge in [-0.1, -0.05) is 117 Å². The Bertz CT molecular complexity index is 900. The van der Waals surface area contributed by atoms with E-state index in [0.717, 1.165) is 12.8 Å². The van der Waals surface area contributed by atoms with E-state index >= 15 is 0 Å². The summed E-state index contributed by atoms with van der Waals surface area (Å²) in [6, 6.07) is 23.9. The van der Waals surface area contributed by atoms with Crippen LogP contribution in [0.15, 0.2) is 72.8 Å². The number of aliphatic hydroxyl groups is 1. The van der Waals surface area contributed by atoms with Crippen LogP contribution >= 0.6 is 22.6 Å². The lowest BCUT2D eigenvalue weighted by Gasteiger charge is -2.10. The van der Waals surface area contributed by atoms with E-state index in [4.69, 9.17) is 5.11 Å². The van der Waals surface area contributed by atoms with Gasteiger partial charge in [-0.05, 0) is 59.6 Å². The monoisotopic (exact) mass is 632 g/mol. The van der Waals surface area contributed by atoms with Gasteiger partial charge in [0.25, 0.3) is 0 Å². The molecule has 0 heterocycles. The molecule has 0 aliphatic heterocycles. The fourth-order valence-corrected chi connectivity index (χ4v) is 3.29. The van der Waals surface area contributed by atoms with Gasteiger partial charge in [-0.25, -0.2) is 0 Å². The van der Waals surface area contributed by atoms with Crippen molar-refractivity contribution in [3.63, 3.8) is 0 Å². The largest absolute Gasteiger partial charge is 0.397 e. The zero-order chi connectivity index (χ0) is 29.5. The van der Waals surface area contributed by atoms with Crippen LogP contribution in [0.3, 0.4) is 0 Å². The summed E-state index contributed by atoms with van der Waals surface area (Å²) < 4.78 is -0.000804. The zero-order valence-electron chi connectivity index (χ0n) is 25.0. The molecule has 3 aromatic carbocycles. The zero-order valence-corrected chi connectivity index (χ0v) is 27.1. The Kier molecular flexibility index (Phi) is 23.7. The summed E-state index contributed by atoms with van der Waals surface area (Å²) >= 11 is 1.74. The second-order valence-corrected chi connectivity index (χ2v) is 10.0. The molecule has 38 heavy (non-hydrogen) atoms. The third-order valence-corrected chi connectivity index (χ3v) is 5.81. The summed E-state index contributed by atoms with van der Waals surface area (Å²) in [5.74, 6) is 0.276. The van der Waals surface area contributed by atoms with Gasteiger partial charge in [0.05, 0.1) is 0 Å². The van der Waals surface area contributed by atoms with Crippen molar-refractivity contribution in [2.75, 3.05) is 6.61 Å². The van der Waals surface area contributed by atoms with Crippen LogP contribution in [0.5, 0.6) is 0 Å². The van der Waals surface area contributed by atoms with Gasteiger partial charge in [0, 0.05) is 46.2 Å². The lowest BCUT2D eigenvalue weighted by molar-refractivity contribution is 0.0913. The second kappa shape index (κ2) is 23.8. The highest BCUT2D eigenvalue weighted by atomic mass is 127.